The first-order chi connectivity index (χ1) is 13.3. The molecule has 2 unspecified atom stereocenters. The predicted molar refractivity (Wildman–Crippen MR) is 106 cm³/mol. The molecule has 0 aromatic heterocycles. The zero-order valence-electron chi connectivity index (χ0n) is 15.5. The van der Waals surface area contributed by atoms with Gasteiger partial charge in [0.2, 0.25) is 0 Å². The molecule has 2 aromatic rings. The van der Waals surface area contributed by atoms with Gasteiger partial charge in [0, 0.05) is 25.2 Å². The van der Waals surface area contributed by atoms with Crippen LogP contribution in [-0.2, 0) is 0 Å². The number of rotatable bonds is 4. The van der Waals surface area contributed by atoms with Crippen LogP contribution in [0.5, 0.6) is 0 Å². The Labute approximate surface area is 161 Å². The van der Waals surface area contributed by atoms with Crippen LogP contribution in [0, 0.1) is 29.2 Å². The first kappa shape index (κ1) is 16.8. The lowest BCUT2D eigenvalue weighted by molar-refractivity contribution is 0.292. The minimum absolute atomic E-state index is 0.328. The summed E-state index contributed by atoms with van der Waals surface area (Å²) in [5, 5.41) is 9.36. The van der Waals surface area contributed by atoms with Crippen molar-refractivity contribution in [2.24, 2.45) is 17.8 Å². The van der Waals surface area contributed by atoms with Crippen molar-refractivity contribution in [2.75, 3.05) is 13.1 Å². The molecule has 1 saturated carbocycles. The first-order valence-corrected chi connectivity index (χ1v) is 10.1. The van der Waals surface area contributed by atoms with E-state index in [0.717, 1.165) is 25.4 Å². The van der Waals surface area contributed by atoms with Gasteiger partial charge in [-0.2, -0.15) is 5.26 Å². The maximum atomic E-state index is 9.36. The monoisotopic (exact) mass is 358 g/mol. The molecule has 27 heavy (non-hydrogen) atoms. The van der Waals surface area contributed by atoms with E-state index in [1.165, 1.54) is 29.5 Å². The Hall–Kier alpha value is -2.35. The smallest absolute Gasteiger partial charge is 0.179 e. The van der Waals surface area contributed by atoms with E-state index in [9.17, 15) is 5.26 Å². The number of nitriles is 1. The molecule has 2 heterocycles. The summed E-state index contributed by atoms with van der Waals surface area (Å²) in [4.78, 5) is 1.97. The van der Waals surface area contributed by atoms with Crippen LogP contribution in [0.2, 0.25) is 0 Å². The lowest BCUT2D eigenvalue weighted by Crippen LogP contribution is -2.39. The van der Waals surface area contributed by atoms with Gasteiger partial charge in [0.1, 0.15) is 0 Å². The molecule has 0 amide bonds. The molecule has 1 aliphatic carbocycles. The number of hydrazine groups is 1. The summed E-state index contributed by atoms with van der Waals surface area (Å²) in [6, 6.07) is 20.2. The van der Waals surface area contributed by atoms with Crippen LogP contribution in [0.15, 0.2) is 54.6 Å². The van der Waals surface area contributed by atoms with E-state index in [2.05, 4.69) is 71.6 Å². The van der Waals surface area contributed by atoms with Crippen molar-refractivity contribution in [3.8, 4) is 17.3 Å². The summed E-state index contributed by atoms with van der Waals surface area (Å²) >= 11 is 0. The highest BCUT2D eigenvalue weighted by Gasteiger charge is 2.47. The van der Waals surface area contributed by atoms with Gasteiger partial charge in [-0.25, -0.2) is 0 Å². The van der Waals surface area contributed by atoms with E-state index in [1.54, 1.807) is 0 Å². The molecule has 138 valence electrons. The minimum Gasteiger partial charge on any atom is -0.310 e. The second kappa shape index (κ2) is 6.99. The second-order valence-electron chi connectivity index (χ2n) is 8.35. The zero-order chi connectivity index (χ0) is 18.2. The van der Waals surface area contributed by atoms with Gasteiger partial charge >= 0.3 is 0 Å². The fourth-order valence-electron chi connectivity index (χ4n) is 5.03. The lowest BCUT2D eigenvalue weighted by atomic mass is 9.83. The minimum atomic E-state index is 0.328. The highest BCUT2D eigenvalue weighted by Crippen LogP contribution is 2.46. The highest BCUT2D eigenvalue weighted by atomic mass is 15.4. The molecule has 0 spiro atoms. The number of likely N-dealkylation sites (tertiary alicyclic amines) is 1. The van der Waals surface area contributed by atoms with Crippen LogP contribution in [0.4, 0.5) is 0 Å². The fourth-order valence-corrected chi connectivity index (χ4v) is 5.03. The molecule has 0 bridgehead atoms. The number of hydrogen-bond acceptors (Lipinski definition) is 4. The Morgan fingerprint density at radius 2 is 1.67 bits per heavy atom. The molecule has 3 fully saturated rings. The zero-order valence-corrected chi connectivity index (χ0v) is 15.5. The van der Waals surface area contributed by atoms with Crippen LogP contribution in [0.1, 0.15) is 30.9 Å². The van der Waals surface area contributed by atoms with Gasteiger partial charge in [0.15, 0.2) is 6.19 Å². The Morgan fingerprint density at radius 1 is 0.889 bits per heavy atom. The van der Waals surface area contributed by atoms with Crippen LogP contribution < -0.4 is 10.9 Å². The molecule has 2 aromatic carbocycles. The summed E-state index contributed by atoms with van der Waals surface area (Å²) in [6.45, 7) is 1.87. The van der Waals surface area contributed by atoms with Crippen molar-refractivity contribution >= 4 is 0 Å². The third-order valence-electron chi connectivity index (χ3n) is 6.63. The summed E-state index contributed by atoms with van der Waals surface area (Å²) in [7, 11) is 0. The van der Waals surface area contributed by atoms with E-state index in [0.29, 0.717) is 23.9 Å². The lowest BCUT2D eigenvalue weighted by Gasteiger charge is -2.23. The number of benzene rings is 2. The predicted octanol–water partition coefficient (Wildman–Crippen LogP) is 3.70. The SMILES string of the molecule is N#CN1C[C@@H](C2CC2)[C@H](C2CC(c3cccc(-c4ccccc4)c3)NN2)C1. The van der Waals surface area contributed by atoms with Crippen LogP contribution >= 0.6 is 0 Å². The fraction of sp³-hybridized carbons (Fsp3) is 0.435. The topological polar surface area (TPSA) is 51.1 Å². The molecule has 4 nitrogen and oxygen atoms in total. The first-order valence-electron chi connectivity index (χ1n) is 10.1. The average molecular weight is 358 g/mol. The summed E-state index contributed by atoms with van der Waals surface area (Å²) in [5.74, 6) is 2.10. The van der Waals surface area contributed by atoms with Crippen molar-refractivity contribution in [1.82, 2.24) is 15.8 Å². The van der Waals surface area contributed by atoms with Gasteiger partial charge in [-0.05, 0) is 59.8 Å². The van der Waals surface area contributed by atoms with E-state index in [4.69, 9.17) is 0 Å². The van der Waals surface area contributed by atoms with E-state index in [-0.39, 0.29) is 0 Å². The third-order valence-corrected chi connectivity index (χ3v) is 6.63. The Balaban J connectivity index is 1.32. The van der Waals surface area contributed by atoms with Gasteiger partial charge in [0.05, 0.1) is 0 Å². The largest absolute Gasteiger partial charge is 0.310 e. The number of nitrogens with zero attached hydrogens (tertiary/aromatic N) is 2. The summed E-state index contributed by atoms with van der Waals surface area (Å²) < 4.78 is 0. The molecular formula is C23H26N4. The Kier molecular flexibility index (Phi) is 4.35. The summed E-state index contributed by atoms with van der Waals surface area (Å²) in [6.07, 6.45) is 6.17. The highest BCUT2D eigenvalue weighted by molar-refractivity contribution is 5.64. The molecule has 2 saturated heterocycles. The van der Waals surface area contributed by atoms with Crippen LogP contribution in [0.25, 0.3) is 11.1 Å². The van der Waals surface area contributed by atoms with Crippen LogP contribution in [0.3, 0.4) is 0 Å². The molecule has 4 heteroatoms. The van der Waals surface area contributed by atoms with E-state index in [1.807, 2.05) is 4.90 Å². The van der Waals surface area contributed by atoms with Crippen molar-refractivity contribution in [3.05, 3.63) is 60.2 Å². The quantitative estimate of drug-likeness (QED) is 0.818. The number of hydrogen-bond donors (Lipinski definition) is 2. The summed E-state index contributed by atoms with van der Waals surface area (Å²) in [5.41, 5.74) is 11.0. The molecule has 2 aliphatic heterocycles. The molecule has 4 atom stereocenters. The van der Waals surface area contributed by atoms with Gasteiger partial charge in [0.25, 0.3) is 0 Å². The van der Waals surface area contributed by atoms with Gasteiger partial charge < -0.3 is 4.90 Å². The Morgan fingerprint density at radius 3 is 2.44 bits per heavy atom. The number of nitrogens with one attached hydrogen (secondary N) is 2. The van der Waals surface area contributed by atoms with Crippen molar-refractivity contribution in [1.29, 1.82) is 5.26 Å². The maximum Gasteiger partial charge on any atom is 0.179 e. The molecule has 0 radical (unpaired) electrons. The van der Waals surface area contributed by atoms with E-state index >= 15 is 0 Å². The normalized spacial score (nSPS) is 30.4. The maximum absolute atomic E-state index is 9.36. The molecule has 5 rings (SSSR count). The van der Waals surface area contributed by atoms with Crippen molar-refractivity contribution in [2.45, 2.75) is 31.3 Å². The molecule has 2 N–H and O–H groups in total. The van der Waals surface area contributed by atoms with Crippen molar-refractivity contribution < 1.29 is 0 Å². The third kappa shape index (κ3) is 3.34. The van der Waals surface area contributed by atoms with Gasteiger partial charge in [-0.1, -0.05) is 48.5 Å². The Bertz CT molecular complexity index is 839. The van der Waals surface area contributed by atoms with Crippen molar-refractivity contribution in [3.63, 3.8) is 0 Å². The standard InChI is InChI=1S/C23H26N4/c24-15-27-13-20(17-9-10-17)21(14-27)23-12-22(25-26-23)19-8-4-7-18(11-19)16-5-2-1-3-6-16/h1-8,11,17,20-23,25-26H,9-10,12-14H2/t20-,21+,22?,23?/m0/s1. The average Bonchev–Trinajstić information content (AvgIpc) is 3.29. The van der Waals surface area contributed by atoms with E-state index < -0.39 is 0 Å². The molecule has 3 aliphatic rings. The van der Waals surface area contributed by atoms with Gasteiger partial charge in [-0.3, -0.25) is 10.9 Å². The molecular weight excluding hydrogens is 332 g/mol. The van der Waals surface area contributed by atoms with Gasteiger partial charge in [-0.15, -0.1) is 0 Å². The second-order valence-corrected chi connectivity index (χ2v) is 8.35. The van der Waals surface area contributed by atoms with Crippen LogP contribution in [-0.4, -0.2) is 24.0 Å².